The van der Waals surface area contributed by atoms with Crippen LogP contribution >= 0.6 is 11.3 Å². The van der Waals surface area contributed by atoms with Crippen LogP contribution in [0.1, 0.15) is 36.8 Å². The number of carbonyl (C=O) groups is 2. The largest absolute Gasteiger partial charge is 0.340 e. The quantitative estimate of drug-likeness (QED) is 0.700. The average molecular weight is 342 g/mol. The van der Waals surface area contributed by atoms with Crippen LogP contribution in [-0.4, -0.2) is 55.4 Å². The molecule has 0 saturated heterocycles. The second kappa shape index (κ2) is 9.62. The lowest BCUT2D eigenvalue weighted by Crippen LogP contribution is -3.05. The highest BCUT2D eigenvalue weighted by molar-refractivity contribution is 7.15. The first-order valence-electron chi connectivity index (χ1n) is 8.14. The summed E-state index contributed by atoms with van der Waals surface area (Å²) < 4.78 is 0. The average Bonchev–Trinajstić information content (AvgIpc) is 2.75. The predicted octanol–water partition coefficient (Wildman–Crippen LogP) is 0.862. The fraction of sp³-hybridized carbons (Fsp3) is 0.688. The van der Waals surface area contributed by atoms with Gasteiger partial charge < -0.3 is 15.1 Å². The molecule has 0 fully saturated rings. The Morgan fingerprint density at radius 1 is 1.30 bits per heavy atom. The topological polar surface area (TPSA) is 66.7 Å². The molecule has 6 nitrogen and oxygen atoms in total. The van der Waals surface area contributed by atoms with Crippen LogP contribution < -0.4 is 10.2 Å². The standard InChI is InChI=1S/C16H28N4O2S/c1-6-8-15(22)20(10-7-9-19(4)5)11-14(21)18-16-17-12(2)13(3)23-16/h6-11H2,1-5H3,(H,17,18,21)/p+1. The van der Waals surface area contributed by atoms with E-state index in [4.69, 9.17) is 0 Å². The summed E-state index contributed by atoms with van der Waals surface area (Å²) in [6, 6.07) is 0. The summed E-state index contributed by atoms with van der Waals surface area (Å²) in [5.41, 5.74) is 0.929. The van der Waals surface area contributed by atoms with Gasteiger partial charge in [0.15, 0.2) is 5.13 Å². The lowest BCUT2D eigenvalue weighted by Gasteiger charge is -2.22. The molecule has 1 rings (SSSR count). The van der Waals surface area contributed by atoms with Gasteiger partial charge in [0.25, 0.3) is 0 Å². The maximum absolute atomic E-state index is 12.2. The molecule has 23 heavy (non-hydrogen) atoms. The molecule has 0 bridgehead atoms. The Balaban J connectivity index is 2.59. The summed E-state index contributed by atoms with van der Waals surface area (Å²) in [5.74, 6) is -0.136. The molecule has 0 aliphatic carbocycles. The molecule has 130 valence electrons. The van der Waals surface area contributed by atoms with Crippen LogP contribution in [-0.2, 0) is 9.59 Å². The Labute approximate surface area is 142 Å². The van der Waals surface area contributed by atoms with E-state index in [1.165, 1.54) is 16.2 Å². The lowest BCUT2D eigenvalue weighted by molar-refractivity contribution is -0.858. The Morgan fingerprint density at radius 2 is 2.00 bits per heavy atom. The molecule has 0 unspecified atom stereocenters. The molecule has 7 heteroatoms. The molecule has 0 aliphatic heterocycles. The van der Waals surface area contributed by atoms with E-state index >= 15 is 0 Å². The number of nitrogens with zero attached hydrogens (tertiary/aromatic N) is 2. The van der Waals surface area contributed by atoms with Crippen molar-refractivity contribution in [3.63, 3.8) is 0 Å². The molecular formula is C16H29N4O2S+. The molecule has 2 amide bonds. The fourth-order valence-electron chi connectivity index (χ4n) is 2.15. The first kappa shape index (κ1) is 19.6. The fourth-order valence-corrected chi connectivity index (χ4v) is 2.98. The minimum absolute atomic E-state index is 0.0444. The van der Waals surface area contributed by atoms with E-state index < -0.39 is 0 Å². The number of aromatic nitrogens is 1. The van der Waals surface area contributed by atoms with Gasteiger partial charge >= 0.3 is 0 Å². The van der Waals surface area contributed by atoms with Crippen LogP contribution in [0.3, 0.4) is 0 Å². The highest BCUT2D eigenvalue weighted by Gasteiger charge is 2.17. The van der Waals surface area contributed by atoms with Crippen molar-refractivity contribution in [3.05, 3.63) is 10.6 Å². The maximum Gasteiger partial charge on any atom is 0.245 e. The molecule has 0 atom stereocenters. The van der Waals surface area contributed by atoms with Gasteiger partial charge in [-0.15, -0.1) is 11.3 Å². The van der Waals surface area contributed by atoms with Gasteiger partial charge in [-0.2, -0.15) is 0 Å². The van der Waals surface area contributed by atoms with Crippen LogP contribution in [0.15, 0.2) is 0 Å². The third kappa shape index (κ3) is 7.09. The van der Waals surface area contributed by atoms with Crippen molar-refractivity contribution in [2.75, 3.05) is 39.0 Å². The van der Waals surface area contributed by atoms with Crippen molar-refractivity contribution in [1.82, 2.24) is 9.88 Å². The van der Waals surface area contributed by atoms with E-state index in [1.54, 1.807) is 4.90 Å². The number of carbonyl (C=O) groups excluding carboxylic acids is 2. The van der Waals surface area contributed by atoms with Crippen molar-refractivity contribution >= 4 is 28.3 Å². The molecule has 0 radical (unpaired) electrons. The van der Waals surface area contributed by atoms with Gasteiger partial charge in [0.1, 0.15) is 0 Å². The van der Waals surface area contributed by atoms with Gasteiger partial charge in [0, 0.05) is 24.3 Å². The Hall–Kier alpha value is -1.47. The molecule has 1 aromatic rings. The molecule has 0 spiro atoms. The SMILES string of the molecule is CCCC(=O)N(CCC[NH+](C)C)CC(=O)Nc1nc(C)c(C)s1. The highest BCUT2D eigenvalue weighted by atomic mass is 32.1. The van der Waals surface area contributed by atoms with Gasteiger partial charge in [-0.3, -0.25) is 9.59 Å². The van der Waals surface area contributed by atoms with Crippen LogP contribution in [0.5, 0.6) is 0 Å². The number of rotatable bonds is 9. The number of aryl methyl sites for hydroxylation is 2. The molecule has 0 aliphatic rings. The zero-order valence-electron chi connectivity index (χ0n) is 14.9. The van der Waals surface area contributed by atoms with Crippen molar-refractivity contribution in [1.29, 1.82) is 0 Å². The number of thiazole rings is 1. The lowest BCUT2D eigenvalue weighted by atomic mass is 10.2. The Kier molecular flexibility index (Phi) is 8.19. The molecule has 0 saturated carbocycles. The van der Waals surface area contributed by atoms with Crippen LogP contribution in [0.25, 0.3) is 0 Å². The number of hydrogen-bond donors (Lipinski definition) is 2. The van der Waals surface area contributed by atoms with Gasteiger partial charge in [-0.05, 0) is 20.3 Å². The predicted molar refractivity (Wildman–Crippen MR) is 94.0 cm³/mol. The number of amides is 2. The van der Waals surface area contributed by atoms with Crippen molar-refractivity contribution in [2.24, 2.45) is 0 Å². The minimum atomic E-state index is -0.180. The zero-order valence-corrected chi connectivity index (χ0v) is 15.7. The molecule has 1 heterocycles. The Morgan fingerprint density at radius 3 is 2.52 bits per heavy atom. The zero-order chi connectivity index (χ0) is 17.4. The van der Waals surface area contributed by atoms with E-state index in [9.17, 15) is 9.59 Å². The number of nitrogens with one attached hydrogen (secondary N) is 2. The minimum Gasteiger partial charge on any atom is -0.340 e. The van der Waals surface area contributed by atoms with Crippen molar-refractivity contribution in [3.8, 4) is 0 Å². The van der Waals surface area contributed by atoms with Crippen LogP contribution in [0.2, 0.25) is 0 Å². The monoisotopic (exact) mass is 341 g/mol. The first-order valence-corrected chi connectivity index (χ1v) is 8.95. The van der Waals surface area contributed by atoms with Gasteiger partial charge in [-0.1, -0.05) is 6.92 Å². The summed E-state index contributed by atoms with van der Waals surface area (Å²) in [5, 5.41) is 3.40. The van der Waals surface area contributed by atoms with E-state index in [2.05, 4.69) is 24.4 Å². The number of anilines is 1. The highest BCUT2D eigenvalue weighted by Crippen LogP contribution is 2.20. The van der Waals surface area contributed by atoms with Crippen LogP contribution in [0.4, 0.5) is 5.13 Å². The second-order valence-corrected chi connectivity index (χ2v) is 7.29. The van der Waals surface area contributed by atoms with Gasteiger partial charge in [0.2, 0.25) is 11.8 Å². The molecule has 1 aromatic heterocycles. The van der Waals surface area contributed by atoms with Crippen molar-refractivity contribution < 1.29 is 14.5 Å². The van der Waals surface area contributed by atoms with Gasteiger partial charge in [0.05, 0.1) is 32.9 Å². The van der Waals surface area contributed by atoms with Gasteiger partial charge in [-0.25, -0.2) is 4.98 Å². The summed E-state index contributed by atoms with van der Waals surface area (Å²) in [6.45, 7) is 7.56. The van der Waals surface area contributed by atoms with E-state index in [0.717, 1.165) is 30.0 Å². The molecule has 2 N–H and O–H groups in total. The third-order valence-corrected chi connectivity index (χ3v) is 4.52. The smallest absolute Gasteiger partial charge is 0.245 e. The second-order valence-electron chi connectivity index (χ2n) is 6.08. The number of quaternary nitrogens is 1. The molecular weight excluding hydrogens is 312 g/mol. The summed E-state index contributed by atoms with van der Waals surface area (Å²) in [6.07, 6.45) is 2.17. The van der Waals surface area contributed by atoms with Crippen LogP contribution in [0, 0.1) is 13.8 Å². The van der Waals surface area contributed by atoms with Crippen molar-refractivity contribution in [2.45, 2.75) is 40.0 Å². The Bertz CT molecular complexity index is 509. The first-order chi connectivity index (χ1) is 10.8. The number of hydrogen-bond acceptors (Lipinski definition) is 4. The normalized spacial score (nSPS) is 10.9. The van der Waals surface area contributed by atoms with E-state index in [1.807, 2.05) is 20.8 Å². The summed E-state index contributed by atoms with van der Waals surface area (Å²) in [4.78, 5) is 32.8. The van der Waals surface area contributed by atoms with E-state index in [-0.39, 0.29) is 18.4 Å². The third-order valence-electron chi connectivity index (χ3n) is 3.53. The molecule has 0 aromatic carbocycles. The summed E-state index contributed by atoms with van der Waals surface area (Å²) in [7, 11) is 4.16. The van der Waals surface area contributed by atoms with E-state index in [0.29, 0.717) is 18.1 Å². The summed E-state index contributed by atoms with van der Waals surface area (Å²) >= 11 is 1.46. The maximum atomic E-state index is 12.2.